The lowest BCUT2D eigenvalue weighted by Crippen LogP contribution is -2.36. The summed E-state index contributed by atoms with van der Waals surface area (Å²) in [5, 5.41) is 12.5. The van der Waals surface area contributed by atoms with Crippen LogP contribution in [0.1, 0.15) is 38.0 Å². The fourth-order valence-corrected chi connectivity index (χ4v) is 2.46. The van der Waals surface area contributed by atoms with Crippen molar-refractivity contribution >= 4 is 0 Å². The summed E-state index contributed by atoms with van der Waals surface area (Å²) in [6.45, 7) is 9.82. The van der Waals surface area contributed by atoms with E-state index < -0.39 is 0 Å². The first-order chi connectivity index (χ1) is 11.3. The molecule has 3 rings (SSSR count). The highest BCUT2D eigenvalue weighted by Crippen LogP contribution is 2.19. The first-order valence-corrected chi connectivity index (χ1v) is 7.82. The molecule has 0 N–H and O–H groups in total. The van der Waals surface area contributed by atoms with Gasteiger partial charge in [0.25, 0.3) is 0 Å². The predicted molar refractivity (Wildman–Crippen MR) is 89.8 cm³/mol. The van der Waals surface area contributed by atoms with Gasteiger partial charge in [0.05, 0.1) is 5.54 Å². The van der Waals surface area contributed by atoms with E-state index in [2.05, 4.69) is 15.3 Å². The maximum absolute atomic E-state index is 12.5. The van der Waals surface area contributed by atoms with Gasteiger partial charge >= 0.3 is 5.69 Å². The summed E-state index contributed by atoms with van der Waals surface area (Å²) in [7, 11) is 0. The number of hydrogen-bond donors (Lipinski definition) is 0. The van der Waals surface area contributed by atoms with Crippen LogP contribution in [0.5, 0.6) is 0 Å². The average molecular weight is 327 g/mol. The van der Waals surface area contributed by atoms with E-state index in [0.29, 0.717) is 17.6 Å². The molecule has 7 heteroatoms. The number of benzene rings is 1. The van der Waals surface area contributed by atoms with Crippen molar-refractivity contribution in [2.45, 2.75) is 46.7 Å². The van der Waals surface area contributed by atoms with E-state index in [9.17, 15) is 4.79 Å². The second kappa shape index (κ2) is 5.74. The monoisotopic (exact) mass is 327 g/mol. The van der Waals surface area contributed by atoms with E-state index in [1.807, 2.05) is 52.0 Å². The molecule has 2 heterocycles. The molecule has 126 valence electrons. The fraction of sp³-hybridized carbons (Fsp3) is 0.412. The third-order valence-electron chi connectivity index (χ3n) is 3.71. The van der Waals surface area contributed by atoms with Crippen LogP contribution in [0, 0.1) is 13.8 Å². The van der Waals surface area contributed by atoms with Crippen molar-refractivity contribution in [1.29, 1.82) is 0 Å². The Morgan fingerprint density at radius 3 is 2.54 bits per heavy atom. The van der Waals surface area contributed by atoms with Crippen molar-refractivity contribution < 1.29 is 4.42 Å². The topological polar surface area (TPSA) is 78.7 Å². The summed E-state index contributed by atoms with van der Waals surface area (Å²) in [6, 6.07) is 7.84. The third kappa shape index (κ3) is 3.02. The molecule has 0 amide bonds. The van der Waals surface area contributed by atoms with Crippen LogP contribution in [0.3, 0.4) is 0 Å². The highest BCUT2D eigenvalue weighted by molar-refractivity contribution is 5.53. The lowest BCUT2D eigenvalue weighted by Gasteiger charge is -2.16. The van der Waals surface area contributed by atoms with Crippen LogP contribution >= 0.6 is 0 Å². The molecule has 3 aromatic rings. The molecule has 0 aliphatic rings. The molecule has 0 aliphatic heterocycles. The highest BCUT2D eigenvalue weighted by Gasteiger charge is 2.22. The zero-order valence-electron chi connectivity index (χ0n) is 14.6. The molecular weight excluding hydrogens is 306 g/mol. The molecule has 24 heavy (non-hydrogen) atoms. The molecule has 0 aliphatic carbocycles. The standard InChI is InChI=1S/C17H21N5O2/c1-11-7-6-8-13(9-11)15-19-18-14(24-15)10-21-12(2)20-22(16(21)23)17(3,4)5/h6-9H,10H2,1-5H3. The molecule has 0 unspecified atom stereocenters. The van der Waals surface area contributed by atoms with Gasteiger partial charge in [-0.25, -0.2) is 9.48 Å². The Kier molecular flexibility index (Phi) is 3.87. The Morgan fingerprint density at radius 2 is 1.92 bits per heavy atom. The fourth-order valence-electron chi connectivity index (χ4n) is 2.46. The van der Waals surface area contributed by atoms with Crippen LogP contribution in [0.2, 0.25) is 0 Å². The second-order valence-electron chi connectivity index (χ2n) is 6.87. The molecule has 0 radical (unpaired) electrons. The van der Waals surface area contributed by atoms with Crippen molar-refractivity contribution in [3.05, 3.63) is 52.0 Å². The largest absolute Gasteiger partial charge is 0.419 e. The molecule has 0 bridgehead atoms. The van der Waals surface area contributed by atoms with Gasteiger partial charge in [-0.3, -0.25) is 4.57 Å². The molecule has 0 saturated heterocycles. The minimum absolute atomic E-state index is 0.185. The summed E-state index contributed by atoms with van der Waals surface area (Å²) >= 11 is 0. The van der Waals surface area contributed by atoms with Gasteiger partial charge in [0, 0.05) is 5.56 Å². The molecule has 7 nitrogen and oxygen atoms in total. The van der Waals surface area contributed by atoms with Crippen LogP contribution in [-0.2, 0) is 12.1 Å². The number of aromatic nitrogens is 5. The second-order valence-corrected chi connectivity index (χ2v) is 6.87. The minimum Gasteiger partial charge on any atom is -0.419 e. The average Bonchev–Trinajstić information content (AvgIpc) is 3.07. The van der Waals surface area contributed by atoms with Crippen LogP contribution < -0.4 is 5.69 Å². The van der Waals surface area contributed by atoms with Gasteiger partial charge in [-0.05, 0) is 46.8 Å². The Balaban J connectivity index is 1.91. The third-order valence-corrected chi connectivity index (χ3v) is 3.71. The number of hydrogen-bond acceptors (Lipinski definition) is 5. The molecule has 0 atom stereocenters. The molecule has 0 spiro atoms. The summed E-state index contributed by atoms with van der Waals surface area (Å²) in [6.07, 6.45) is 0. The zero-order chi connectivity index (χ0) is 17.5. The normalized spacial score (nSPS) is 11.9. The van der Waals surface area contributed by atoms with E-state index in [1.165, 1.54) is 4.68 Å². The maximum atomic E-state index is 12.5. The van der Waals surface area contributed by atoms with Crippen LogP contribution in [0.15, 0.2) is 33.5 Å². The van der Waals surface area contributed by atoms with Gasteiger partial charge in [0.2, 0.25) is 11.8 Å². The number of aryl methyl sites for hydroxylation is 2. The number of rotatable bonds is 3. The first-order valence-electron chi connectivity index (χ1n) is 7.82. The summed E-state index contributed by atoms with van der Waals surface area (Å²) in [5.41, 5.74) is 1.42. The first kappa shape index (κ1) is 16.2. The molecule has 0 saturated carbocycles. The predicted octanol–water partition coefficient (Wildman–Crippen LogP) is 2.51. The van der Waals surface area contributed by atoms with Gasteiger partial charge in [-0.2, -0.15) is 5.10 Å². The van der Waals surface area contributed by atoms with Gasteiger partial charge in [0.15, 0.2) is 0 Å². The van der Waals surface area contributed by atoms with Crippen molar-refractivity contribution in [3.63, 3.8) is 0 Å². The Morgan fingerprint density at radius 1 is 1.17 bits per heavy atom. The van der Waals surface area contributed by atoms with Crippen molar-refractivity contribution in [3.8, 4) is 11.5 Å². The van der Waals surface area contributed by atoms with Gasteiger partial charge < -0.3 is 4.42 Å². The van der Waals surface area contributed by atoms with E-state index in [-0.39, 0.29) is 17.8 Å². The highest BCUT2D eigenvalue weighted by atomic mass is 16.4. The zero-order valence-corrected chi connectivity index (χ0v) is 14.6. The van der Waals surface area contributed by atoms with E-state index >= 15 is 0 Å². The smallest absolute Gasteiger partial charge is 0.346 e. The quantitative estimate of drug-likeness (QED) is 0.738. The lowest BCUT2D eigenvalue weighted by molar-refractivity contribution is 0.339. The maximum Gasteiger partial charge on any atom is 0.346 e. The summed E-state index contributed by atoms with van der Waals surface area (Å²) in [4.78, 5) is 12.5. The molecule has 2 aromatic heterocycles. The van der Waals surface area contributed by atoms with E-state index in [4.69, 9.17) is 4.42 Å². The van der Waals surface area contributed by atoms with Gasteiger partial charge in [-0.1, -0.05) is 17.7 Å². The van der Waals surface area contributed by atoms with E-state index in [1.54, 1.807) is 11.5 Å². The summed E-state index contributed by atoms with van der Waals surface area (Å²) < 4.78 is 8.73. The Labute approximate surface area is 140 Å². The number of nitrogens with zero attached hydrogens (tertiary/aromatic N) is 5. The van der Waals surface area contributed by atoms with Crippen LogP contribution in [0.25, 0.3) is 11.5 Å². The Hall–Kier alpha value is -2.70. The Bertz CT molecular complexity index is 927. The van der Waals surface area contributed by atoms with Crippen molar-refractivity contribution in [2.24, 2.45) is 0 Å². The minimum atomic E-state index is -0.380. The van der Waals surface area contributed by atoms with Gasteiger partial charge in [-0.15, -0.1) is 10.2 Å². The van der Waals surface area contributed by atoms with E-state index in [0.717, 1.165) is 11.1 Å². The molecule has 1 aromatic carbocycles. The summed E-state index contributed by atoms with van der Waals surface area (Å²) in [5.74, 6) is 1.44. The van der Waals surface area contributed by atoms with Crippen LogP contribution in [-0.4, -0.2) is 24.5 Å². The molecular formula is C17H21N5O2. The van der Waals surface area contributed by atoms with Crippen LogP contribution in [0.4, 0.5) is 0 Å². The van der Waals surface area contributed by atoms with Crippen molar-refractivity contribution in [1.82, 2.24) is 24.5 Å². The van der Waals surface area contributed by atoms with Gasteiger partial charge in [0.1, 0.15) is 12.4 Å². The molecule has 0 fully saturated rings. The SMILES string of the molecule is Cc1cccc(-c2nnc(Cn3c(C)nn(C(C)(C)C)c3=O)o2)c1. The van der Waals surface area contributed by atoms with Crippen molar-refractivity contribution in [2.75, 3.05) is 0 Å². The lowest BCUT2D eigenvalue weighted by atomic mass is 10.1.